The fourth-order valence-electron chi connectivity index (χ4n) is 3.50. The fraction of sp³-hybridized carbons (Fsp3) is 0.500. The second-order valence-corrected chi connectivity index (χ2v) is 8.94. The Morgan fingerprint density at radius 1 is 1.25 bits per heavy atom. The molecule has 1 unspecified atom stereocenters. The van der Waals surface area contributed by atoms with Crippen molar-refractivity contribution in [1.29, 1.82) is 0 Å². The summed E-state index contributed by atoms with van der Waals surface area (Å²) >= 11 is 1.79. The van der Waals surface area contributed by atoms with Gasteiger partial charge in [-0.15, -0.1) is 35.3 Å². The van der Waals surface area contributed by atoms with Gasteiger partial charge in [0.05, 0.1) is 13.2 Å². The molecule has 1 aromatic carbocycles. The highest BCUT2D eigenvalue weighted by atomic mass is 127. The molecule has 8 heteroatoms. The number of carbonyl (C=O) groups excluding carboxylic acids is 1. The highest BCUT2D eigenvalue weighted by Crippen LogP contribution is 2.24. The van der Waals surface area contributed by atoms with Crippen LogP contribution in [0, 0.1) is 5.92 Å². The van der Waals surface area contributed by atoms with Gasteiger partial charge in [-0.25, -0.2) is 0 Å². The summed E-state index contributed by atoms with van der Waals surface area (Å²) in [5.41, 5.74) is 2.48. The summed E-state index contributed by atoms with van der Waals surface area (Å²) in [6.07, 6.45) is 1.44. The number of carbonyl (C=O) groups is 1. The minimum atomic E-state index is 0. The summed E-state index contributed by atoms with van der Waals surface area (Å²) in [7, 11) is 0. The number of rotatable bonds is 10. The Bertz CT molecular complexity index is 844. The van der Waals surface area contributed by atoms with Crippen LogP contribution >= 0.6 is 35.3 Å². The van der Waals surface area contributed by atoms with Crippen LogP contribution in [-0.4, -0.2) is 49.6 Å². The van der Waals surface area contributed by atoms with Crippen LogP contribution in [0.1, 0.15) is 36.3 Å². The summed E-state index contributed by atoms with van der Waals surface area (Å²) in [5.74, 6) is 1.26. The molecule has 0 bridgehead atoms. The number of nitrogens with zero attached hydrogens (tertiary/aromatic N) is 2. The molecule has 6 nitrogen and oxygen atoms in total. The maximum Gasteiger partial charge on any atom is 0.224 e. The van der Waals surface area contributed by atoms with Crippen LogP contribution in [0.25, 0.3) is 0 Å². The molecule has 3 rings (SSSR count). The van der Waals surface area contributed by atoms with E-state index in [0.29, 0.717) is 38.6 Å². The second-order valence-electron chi connectivity index (χ2n) is 7.94. The third-order valence-electron chi connectivity index (χ3n) is 5.21. The number of ether oxygens (including phenoxy) is 1. The van der Waals surface area contributed by atoms with E-state index in [1.165, 1.54) is 16.0 Å². The van der Waals surface area contributed by atoms with E-state index in [1.807, 2.05) is 30.0 Å². The van der Waals surface area contributed by atoms with Gasteiger partial charge in [0.1, 0.15) is 0 Å². The molecule has 176 valence electrons. The quantitative estimate of drug-likeness (QED) is 0.257. The highest BCUT2D eigenvalue weighted by molar-refractivity contribution is 14.0. The van der Waals surface area contributed by atoms with Gasteiger partial charge in [0, 0.05) is 44.0 Å². The van der Waals surface area contributed by atoms with Crippen molar-refractivity contribution < 1.29 is 9.53 Å². The summed E-state index contributed by atoms with van der Waals surface area (Å²) in [5, 5.41) is 8.67. The predicted molar refractivity (Wildman–Crippen MR) is 143 cm³/mol. The molecule has 1 aromatic heterocycles. The summed E-state index contributed by atoms with van der Waals surface area (Å²) in [6.45, 7) is 9.06. The fourth-order valence-corrected chi connectivity index (χ4v) is 4.39. The Labute approximate surface area is 212 Å². The molecule has 1 aliphatic rings. The van der Waals surface area contributed by atoms with Gasteiger partial charge in [-0.05, 0) is 41.8 Å². The van der Waals surface area contributed by atoms with E-state index in [-0.39, 0.29) is 29.9 Å². The van der Waals surface area contributed by atoms with Crippen molar-refractivity contribution in [3.63, 3.8) is 0 Å². The minimum Gasteiger partial charge on any atom is -0.376 e. The predicted octanol–water partition coefficient (Wildman–Crippen LogP) is 4.05. The van der Waals surface area contributed by atoms with E-state index in [4.69, 9.17) is 4.74 Å². The van der Waals surface area contributed by atoms with E-state index < -0.39 is 0 Å². The van der Waals surface area contributed by atoms with Crippen molar-refractivity contribution in [2.75, 3.05) is 32.8 Å². The van der Waals surface area contributed by atoms with Gasteiger partial charge in [0.25, 0.3) is 0 Å². The number of hydrogen-bond donors (Lipinski definition) is 2. The first-order valence-corrected chi connectivity index (χ1v) is 12.0. The van der Waals surface area contributed by atoms with Crippen molar-refractivity contribution >= 4 is 47.2 Å². The van der Waals surface area contributed by atoms with Gasteiger partial charge in [0.2, 0.25) is 5.91 Å². The molecule has 0 saturated heterocycles. The Morgan fingerprint density at radius 3 is 2.84 bits per heavy atom. The van der Waals surface area contributed by atoms with Crippen molar-refractivity contribution in [3.05, 3.63) is 57.8 Å². The molecule has 2 N–H and O–H groups in total. The summed E-state index contributed by atoms with van der Waals surface area (Å²) < 4.78 is 5.81. The largest absolute Gasteiger partial charge is 0.376 e. The number of benzene rings is 1. The van der Waals surface area contributed by atoms with Crippen molar-refractivity contribution in [3.8, 4) is 0 Å². The smallest absolute Gasteiger partial charge is 0.224 e. The van der Waals surface area contributed by atoms with E-state index in [1.54, 1.807) is 11.3 Å². The molecule has 0 radical (unpaired) electrons. The molecule has 1 amide bonds. The standard InChI is InChI=1S/C24H34N4O2S.HI/c1-3-25-24(27-15-19(2)17-30-18-20-7-5-4-6-8-20)26-12-9-23(29)28-13-10-22-21(16-28)11-14-31-22;/h4-8,11,14,19H,3,9-10,12-13,15-18H2,1-2H3,(H2,25,26,27);1H. The van der Waals surface area contributed by atoms with Crippen LogP contribution in [0.2, 0.25) is 0 Å². The van der Waals surface area contributed by atoms with E-state index >= 15 is 0 Å². The van der Waals surface area contributed by atoms with Gasteiger partial charge in [-0.1, -0.05) is 37.3 Å². The second kappa shape index (κ2) is 14.5. The first-order valence-electron chi connectivity index (χ1n) is 11.1. The Balaban J connectivity index is 0.00000363. The zero-order valence-corrected chi connectivity index (χ0v) is 22.2. The Kier molecular flexibility index (Phi) is 12.0. The minimum absolute atomic E-state index is 0. The van der Waals surface area contributed by atoms with Crippen molar-refractivity contribution in [2.45, 2.75) is 39.8 Å². The van der Waals surface area contributed by atoms with Crippen LogP contribution in [0.15, 0.2) is 46.8 Å². The molecule has 32 heavy (non-hydrogen) atoms. The van der Waals surface area contributed by atoms with Crippen LogP contribution in [-0.2, 0) is 29.1 Å². The molecule has 0 saturated carbocycles. The van der Waals surface area contributed by atoms with Crippen LogP contribution in [0.5, 0.6) is 0 Å². The number of guanidine groups is 1. The lowest BCUT2D eigenvalue weighted by Crippen LogP contribution is -2.41. The van der Waals surface area contributed by atoms with E-state index in [9.17, 15) is 4.79 Å². The lowest BCUT2D eigenvalue weighted by atomic mass is 10.1. The lowest BCUT2D eigenvalue weighted by Gasteiger charge is -2.27. The first kappa shape index (κ1) is 26.6. The number of halogens is 1. The zero-order valence-electron chi connectivity index (χ0n) is 19.0. The molecule has 1 aliphatic heterocycles. The van der Waals surface area contributed by atoms with Crippen LogP contribution in [0.3, 0.4) is 0 Å². The maximum atomic E-state index is 12.6. The van der Waals surface area contributed by atoms with Gasteiger partial charge in [-0.3, -0.25) is 9.79 Å². The first-order chi connectivity index (χ1) is 15.2. The van der Waals surface area contributed by atoms with E-state index in [2.05, 4.69) is 46.1 Å². The maximum absolute atomic E-state index is 12.6. The van der Waals surface area contributed by atoms with Gasteiger partial charge < -0.3 is 20.3 Å². The summed E-state index contributed by atoms with van der Waals surface area (Å²) in [4.78, 5) is 20.6. The van der Waals surface area contributed by atoms with Crippen molar-refractivity contribution in [1.82, 2.24) is 15.5 Å². The molecular weight excluding hydrogens is 535 g/mol. The van der Waals surface area contributed by atoms with Gasteiger partial charge in [0.15, 0.2) is 5.96 Å². The number of fused-ring (bicyclic) bond motifs is 1. The van der Waals surface area contributed by atoms with Gasteiger partial charge in [-0.2, -0.15) is 0 Å². The molecule has 0 aliphatic carbocycles. The normalized spacial score (nSPS) is 14.3. The number of aliphatic imine (C=N–C) groups is 1. The number of hydrogen-bond acceptors (Lipinski definition) is 4. The topological polar surface area (TPSA) is 66.0 Å². The van der Waals surface area contributed by atoms with Crippen LogP contribution in [0.4, 0.5) is 0 Å². The lowest BCUT2D eigenvalue weighted by molar-refractivity contribution is -0.131. The average Bonchev–Trinajstić information content (AvgIpc) is 3.26. The van der Waals surface area contributed by atoms with E-state index in [0.717, 1.165) is 32.0 Å². The number of amides is 1. The molecular formula is C24H35IN4O2S. The monoisotopic (exact) mass is 570 g/mol. The molecule has 2 aromatic rings. The molecule has 2 heterocycles. The SMILES string of the molecule is CCNC(=NCC(C)COCc1ccccc1)NCCC(=O)N1CCc2sccc2C1.I. The Hall–Kier alpha value is -1.65. The molecule has 0 spiro atoms. The number of nitrogens with one attached hydrogen (secondary N) is 2. The Morgan fingerprint density at radius 2 is 2.06 bits per heavy atom. The zero-order chi connectivity index (χ0) is 21.9. The third-order valence-corrected chi connectivity index (χ3v) is 6.23. The highest BCUT2D eigenvalue weighted by Gasteiger charge is 2.21. The van der Waals surface area contributed by atoms with Crippen molar-refractivity contribution in [2.24, 2.45) is 10.9 Å². The number of thiophene rings is 1. The van der Waals surface area contributed by atoms with Gasteiger partial charge >= 0.3 is 0 Å². The molecule has 0 fully saturated rings. The third kappa shape index (κ3) is 8.71. The molecule has 1 atom stereocenters. The summed E-state index contributed by atoms with van der Waals surface area (Å²) in [6, 6.07) is 12.3. The average molecular weight is 571 g/mol. The van der Waals surface area contributed by atoms with Crippen LogP contribution < -0.4 is 10.6 Å².